The Morgan fingerprint density at radius 3 is 2.56 bits per heavy atom. The number of anilines is 1. The number of fused-ring (bicyclic) bond motifs is 1. The van der Waals surface area contributed by atoms with Crippen LogP contribution >= 0.6 is 11.8 Å². The third-order valence-electron chi connectivity index (χ3n) is 3.84. The fourth-order valence-electron chi connectivity index (χ4n) is 2.55. The van der Waals surface area contributed by atoms with Crippen LogP contribution in [0.2, 0.25) is 0 Å². The normalized spacial score (nSPS) is 12.0. The number of benzene rings is 2. The van der Waals surface area contributed by atoms with Crippen molar-refractivity contribution < 1.29 is 9.90 Å². The smallest absolute Gasteiger partial charge is 0.162 e. The van der Waals surface area contributed by atoms with Crippen LogP contribution < -0.4 is 10.4 Å². The third kappa shape index (κ3) is 4.09. The first kappa shape index (κ1) is 17.2. The Balaban J connectivity index is 2.04. The zero-order chi connectivity index (χ0) is 17.6. The average Bonchev–Trinajstić information content (AvgIpc) is 2.65. The fourth-order valence-corrected chi connectivity index (χ4v) is 3.02. The molecule has 0 amide bonds. The number of thioether (sulfide) groups is 1. The molecule has 0 saturated heterocycles. The molecule has 1 aromatic heterocycles. The van der Waals surface area contributed by atoms with Crippen molar-refractivity contribution in [1.82, 2.24) is 9.97 Å². The van der Waals surface area contributed by atoms with Gasteiger partial charge in [-0.15, -0.1) is 0 Å². The van der Waals surface area contributed by atoms with E-state index in [0.717, 1.165) is 22.2 Å². The van der Waals surface area contributed by atoms with E-state index < -0.39 is 12.0 Å². The quantitative estimate of drug-likeness (QED) is 0.704. The number of carboxylic acid groups (broad SMARTS) is 1. The Labute approximate surface area is 150 Å². The van der Waals surface area contributed by atoms with Crippen LogP contribution in [-0.4, -0.2) is 34.0 Å². The summed E-state index contributed by atoms with van der Waals surface area (Å²) in [4.78, 5) is 20.7. The highest BCUT2D eigenvalue weighted by Gasteiger charge is 2.14. The zero-order valence-corrected chi connectivity index (χ0v) is 14.6. The molecule has 6 heteroatoms. The number of hydrogen-bond donors (Lipinski definition) is 1. The summed E-state index contributed by atoms with van der Waals surface area (Å²) in [6.07, 6.45) is 2.41. The van der Waals surface area contributed by atoms with Crippen molar-refractivity contribution in [2.75, 3.05) is 17.3 Å². The number of carbonyl (C=O) groups is 1. The van der Waals surface area contributed by atoms with Gasteiger partial charge < -0.3 is 15.2 Å². The number of nitrogens with one attached hydrogen (secondary N) is 1. The van der Waals surface area contributed by atoms with E-state index in [9.17, 15) is 9.90 Å². The van der Waals surface area contributed by atoms with E-state index in [-0.39, 0.29) is 0 Å². The van der Waals surface area contributed by atoms with Gasteiger partial charge in [0.1, 0.15) is 5.82 Å². The average molecular weight is 352 g/mol. The molecule has 2 aromatic carbocycles. The Bertz CT molecular complexity index is 871. The fraction of sp³-hybridized carbons (Fsp3) is 0.211. The molecule has 1 N–H and O–H groups in total. The number of para-hydroxylation sites is 1. The largest absolute Gasteiger partial charge is 0.548 e. The lowest BCUT2D eigenvalue weighted by Gasteiger charge is -2.21. The van der Waals surface area contributed by atoms with E-state index >= 15 is 0 Å². The summed E-state index contributed by atoms with van der Waals surface area (Å²) in [7, 11) is 0. The van der Waals surface area contributed by atoms with Gasteiger partial charge in [-0.1, -0.05) is 42.5 Å². The highest BCUT2D eigenvalue weighted by Crippen LogP contribution is 2.25. The van der Waals surface area contributed by atoms with E-state index in [1.54, 1.807) is 11.8 Å². The van der Waals surface area contributed by atoms with Gasteiger partial charge in [0.15, 0.2) is 5.82 Å². The SMILES string of the molecule is CSCCC(Nc1nc(-c2ccccc2)nc2ccccc12)C(=O)[O-]. The summed E-state index contributed by atoms with van der Waals surface area (Å²) in [5, 5.41) is 15.3. The lowest BCUT2D eigenvalue weighted by molar-refractivity contribution is -0.306. The Morgan fingerprint density at radius 1 is 1.12 bits per heavy atom. The number of hydrogen-bond acceptors (Lipinski definition) is 6. The van der Waals surface area contributed by atoms with Crippen molar-refractivity contribution in [2.45, 2.75) is 12.5 Å². The molecule has 5 nitrogen and oxygen atoms in total. The standard InChI is InChI=1S/C19H19N3O2S/c1-25-12-11-16(19(23)24)21-18-14-9-5-6-10-15(14)20-17(22-18)13-7-3-2-4-8-13/h2-10,16H,11-12H2,1H3,(H,23,24)(H,20,21,22)/p-1. The zero-order valence-electron chi connectivity index (χ0n) is 13.8. The number of nitrogens with zero attached hydrogens (tertiary/aromatic N) is 2. The second-order valence-electron chi connectivity index (χ2n) is 5.58. The molecule has 0 aliphatic rings. The molecule has 0 radical (unpaired) electrons. The maximum Gasteiger partial charge on any atom is 0.162 e. The van der Waals surface area contributed by atoms with Gasteiger partial charge in [-0.3, -0.25) is 0 Å². The van der Waals surface area contributed by atoms with E-state index in [1.807, 2.05) is 60.9 Å². The molecule has 1 atom stereocenters. The molecule has 25 heavy (non-hydrogen) atoms. The van der Waals surface area contributed by atoms with Crippen LogP contribution in [0.15, 0.2) is 54.6 Å². The minimum Gasteiger partial charge on any atom is -0.548 e. The molecular formula is C19H18N3O2S-. The highest BCUT2D eigenvalue weighted by molar-refractivity contribution is 7.98. The summed E-state index contributed by atoms with van der Waals surface area (Å²) in [6.45, 7) is 0. The molecule has 0 aliphatic carbocycles. The number of rotatable bonds is 7. The van der Waals surface area contributed by atoms with Crippen molar-refractivity contribution in [3.05, 3.63) is 54.6 Å². The summed E-state index contributed by atoms with van der Waals surface area (Å²) in [5.41, 5.74) is 1.64. The summed E-state index contributed by atoms with van der Waals surface area (Å²) < 4.78 is 0. The highest BCUT2D eigenvalue weighted by atomic mass is 32.2. The van der Waals surface area contributed by atoms with Crippen LogP contribution in [0, 0.1) is 0 Å². The van der Waals surface area contributed by atoms with Gasteiger partial charge in [-0.25, -0.2) is 9.97 Å². The molecule has 3 aromatic rings. The number of aliphatic carboxylic acids is 1. The molecule has 0 fully saturated rings. The summed E-state index contributed by atoms with van der Waals surface area (Å²) in [5.74, 6) is 0.668. The van der Waals surface area contributed by atoms with Gasteiger partial charge in [0, 0.05) is 10.9 Å². The van der Waals surface area contributed by atoms with Crippen LogP contribution in [-0.2, 0) is 4.79 Å². The minimum absolute atomic E-state index is 0.461. The van der Waals surface area contributed by atoms with Crippen LogP contribution in [0.1, 0.15) is 6.42 Å². The molecule has 3 rings (SSSR count). The van der Waals surface area contributed by atoms with E-state index in [4.69, 9.17) is 0 Å². The van der Waals surface area contributed by atoms with Gasteiger partial charge in [0.05, 0.1) is 17.5 Å². The van der Waals surface area contributed by atoms with Crippen molar-refractivity contribution in [3.8, 4) is 11.4 Å². The first-order valence-corrected chi connectivity index (χ1v) is 9.37. The maximum atomic E-state index is 11.5. The minimum atomic E-state index is -1.13. The molecule has 0 aliphatic heterocycles. The van der Waals surface area contributed by atoms with Crippen molar-refractivity contribution in [2.24, 2.45) is 0 Å². The van der Waals surface area contributed by atoms with Gasteiger partial charge in [-0.2, -0.15) is 11.8 Å². The van der Waals surface area contributed by atoms with Gasteiger partial charge in [-0.05, 0) is 30.6 Å². The molecule has 0 bridgehead atoms. The third-order valence-corrected chi connectivity index (χ3v) is 4.49. The van der Waals surface area contributed by atoms with Crippen LogP contribution in [0.3, 0.4) is 0 Å². The van der Waals surface area contributed by atoms with E-state index in [0.29, 0.717) is 18.1 Å². The monoisotopic (exact) mass is 352 g/mol. The lowest BCUT2D eigenvalue weighted by Crippen LogP contribution is -2.41. The van der Waals surface area contributed by atoms with Crippen LogP contribution in [0.4, 0.5) is 5.82 Å². The van der Waals surface area contributed by atoms with Crippen molar-refractivity contribution in [1.29, 1.82) is 0 Å². The van der Waals surface area contributed by atoms with Crippen molar-refractivity contribution in [3.63, 3.8) is 0 Å². The summed E-state index contributed by atoms with van der Waals surface area (Å²) in [6, 6.07) is 16.4. The molecule has 1 unspecified atom stereocenters. The lowest BCUT2D eigenvalue weighted by atomic mass is 10.1. The van der Waals surface area contributed by atoms with E-state index in [1.165, 1.54) is 0 Å². The Morgan fingerprint density at radius 2 is 1.84 bits per heavy atom. The second-order valence-corrected chi connectivity index (χ2v) is 6.56. The van der Waals surface area contributed by atoms with Gasteiger partial charge in [0.2, 0.25) is 0 Å². The van der Waals surface area contributed by atoms with E-state index in [2.05, 4.69) is 15.3 Å². The molecule has 128 valence electrons. The molecule has 0 spiro atoms. The Hall–Kier alpha value is -2.60. The number of aromatic nitrogens is 2. The number of carboxylic acids is 1. The van der Waals surface area contributed by atoms with Crippen LogP contribution in [0.25, 0.3) is 22.3 Å². The van der Waals surface area contributed by atoms with Crippen molar-refractivity contribution >= 4 is 34.5 Å². The summed E-state index contributed by atoms with van der Waals surface area (Å²) >= 11 is 1.60. The molecular weight excluding hydrogens is 334 g/mol. The predicted octanol–water partition coefficient (Wildman–Crippen LogP) is 2.58. The predicted molar refractivity (Wildman–Crippen MR) is 100 cm³/mol. The number of carbonyl (C=O) groups excluding carboxylic acids is 1. The Kier molecular flexibility index (Phi) is 5.50. The topological polar surface area (TPSA) is 77.9 Å². The van der Waals surface area contributed by atoms with Gasteiger partial charge in [0.25, 0.3) is 0 Å². The first-order chi connectivity index (χ1) is 12.2. The van der Waals surface area contributed by atoms with Crippen LogP contribution in [0.5, 0.6) is 0 Å². The first-order valence-electron chi connectivity index (χ1n) is 7.97. The second kappa shape index (κ2) is 7.98. The molecule has 1 heterocycles. The van der Waals surface area contributed by atoms with Gasteiger partial charge >= 0.3 is 0 Å². The molecule has 0 saturated carbocycles. The maximum absolute atomic E-state index is 11.5.